The van der Waals surface area contributed by atoms with Gasteiger partial charge in [0.2, 0.25) is 0 Å². The maximum absolute atomic E-state index is 11.9. The standard InChI is InChI=1S/C16H15ClN6O/c1-10-8-14(20-19-10)16(24)21-18-9-13-11(2)22-23(15(13)17)12-6-4-3-5-7-12/h3-9H,1-2H3,(H,19,20)(H,21,24)/b18-9-. The lowest BCUT2D eigenvalue weighted by Crippen LogP contribution is -2.18. The van der Waals surface area contributed by atoms with Gasteiger partial charge in [-0.1, -0.05) is 29.8 Å². The fraction of sp³-hybridized carbons (Fsp3) is 0.125. The van der Waals surface area contributed by atoms with Crippen molar-refractivity contribution < 1.29 is 4.79 Å². The molecular formula is C16H15ClN6O. The van der Waals surface area contributed by atoms with E-state index >= 15 is 0 Å². The molecule has 0 saturated heterocycles. The smallest absolute Gasteiger partial charge is 0.282 e. The Morgan fingerprint density at radius 1 is 1.33 bits per heavy atom. The molecule has 122 valence electrons. The minimum Gasteiger partial charge on any atom is -0.282 e. The van der Waals surface area contributed by atoms with Crippen molar-refractivity contribution in [1.29, 1.82) is 0 Å². The first-order valence-electron chi connectivity index (χ1n) is 7.22. The lowest BCUT2D eigenvalue weighted by atomic mass is 10.3. The highest BCUT2D eigenvalue weighted by atomic mass is 35.5. The van der Waals surface area contributed by atoms with Gasteiger partial charge in [-0.2, -0.15) is 15.3 Å². The van der Waals surface area contributed by atoms with Crippen LogP contribution in [-0.2, 0) is 0 Å². The minimum absolute atomic E-state index is 0.271. The number of hydrogen-bond acceptors (Lipinski definition) is 4. The number of amides is 1. The Balaban J connectivity index is 1.78. The molecule has 0 aliphatic carbocycles. The van der Waals surface area contributed by atoms with Crippen LogP contribution in [0.25, 0.3) is 5.69 Å². The summed E-state index contributed by atoms with van der Waals surface area (Å²) in [5, 5.41) is 15.3. The molecule has 0 aliphatic rings. The summed E-state index contributed by atoms with van der Waals surface area (Å²) in [5.41, 5.74) is 5.68. The second-order valence-electron chi connectivity index (χ2n) is 5.17. The van der Waals surface area contributed by atoms with Crippen LogP contribution in [0.2, 0.25) is 5.15 Å². The monoisotopic (exact) mass is 342 g/mol. The zero-order chi connectivity index (χ0) is 17.1. The molecule has 8 heteroatoms. The number of carbonyl (C=O) groups excluding carboxylic acids is 1. The number of aromatic amines is 1. The normalized spacial score (nSPS) is 11.1. The molecule has 2 N–H and O–H groups in total. The first-order chi connectivity index (χ1) is 11.6. The van der Waals surface area contributed by atoms with Crippen molar-refractivity contribution in [3.8, 4) is 5.69 Å². The Morgan fingerprint density at radius 2 is 2.08 bits per heavy atom. The number of carbonyl (C=O) groups is 1. The Hall–Kier alpha value is -2.93. The maximum atomic E-state index is 11.9. The largest absolute Gasteiger partial charge is 0.291 e. The van der Waals surface area contributed by atoms with Gasteiger partial charge in [-0.15, -0.1) is 0 Å². The fourth-order valence-electron chi connectivity index (χ4n) is 2.15. The molecule has 7 nitrogen and oxygen atoms in total. The van der Waals surface area contributed by atoms with Gasteiger partial charge in [0.1, 0.15) is 5.15 Å². The average molecular weight is 343 g/mol. The Labute approximate surface area is 143 Å². The summed E-state index contributed by atoms with van der Waals surface area (Å²) >= 11 is 6.38. The number of para-hydroxylation sites is 1. The number of hydrogen-bond donors (Lipinski definition) is 2. The topological polar surface area (TPSA) is 88.0 Å². The number of rotatable bonds is 4. The number of hydrazone groups is 1. The molecular weight excluding hydrogens is 328 g/mol. The van der Waals surface area contributed by atoms with Crippen LogP contribution < -0.4 is 5.43 Å². The summed E-state index contributed by atoms with van der Waals surface area (Å²) in [4.78, 5) is 11.9. The average Bonchev–Trinajstić information content (AvgIpc) is 3.13. The van der Waals surface area contributed by atoms with E-state index in [9.17, 15) is 4.79 Å². The van der Waals surface area contributed by atoms with Crippen LogP contribution in [0.4, 0.5) is 0 Å². The van der Waals surface area contributed by atoms with E-state index in [-0.39, 0.29) is 5.69 Å². The van der Waals surface area contributed by atoms with Crippen molar-refractivity contribution in [2.24, 2.45) is 5.10 Å². The van der Waals surface area contributed by atoms with Crippen molar-refractivity contribution in [2.45, 2.75) is 13.8 Å². The number of H-pyrrole nitrogens is 1. The van der Waals surface area contributed by atoms with Gasteiger partial charge in [0, 0.05) is 5.69 Å². The molecule has 0 bridgehead atoms. The highest BCUT2D eigenvalue weighted by molar-refractivity contribution is 6.32. The molecule has 0 aliphatic heterocycles. The van der Waals surface area contributed by atoms with Crippen LogP contribution in [0.5, 0.6) is 0 Å². The summed E-state index contributed by atoms with van der Waals surface area (Å²) in [6.07, 6.45) is 1.47. The van der Waals surface area contributed by atoms with E-state index in [1.807, 2.05) is 44.2 Å². The molecule has 0 fully saturated rings. The third-order valence-corrected chi connectivity index (χ3v) is 3.71. The zero-order valence-electron chi connectivity index (χ0n) is 13.1. The fourth-order valence-corrected chi connectivity index (χ4v) is 2.47. The second-order valence-corrected chi connectivity index (χ2v) is 5.53. The number of nitrogens with one attached hydrogen (secondary N) is 2. The molecule has 0 atom stereocenters. The van der Waals surface area contributed by atoms with E-state index < -0.39 is 5.91 Å². The SMILES string of the molecule is Cc1cc(C(=O)N/N=C\c2c(C)nn(-c3ccccc3)c2Cl)n[nH]1. The van der Waals surface area contributed by atoms with E-state index in [0.717, 1.165) is 11.4 Å². The van der Waals surface area contributed by atoms with E-state index in [4.69, 9.17) is 11.6 Å². The summed E-state index contributed by atoms with van der Waals surface area (Å²) < 4.78 is 1.62. The molecule has 24 heavy (non-hydrogen) atoms. The van der Waals surface area contributed by atoms with Crippen molar-refractivity contribution in [2.75, 3.05) is 0 Å². The first-order valence-corrected chi connectivity index (χ1v) is 7.60. The van der Waals surface area contributed by atoms with Crippen molar-refractivity contribution in [1.82, 2.24) is 25.4 Å². The second kappa shape index (κ2) is 6.67. The maximum Gasteiger partial charge on any atom is 0.291 e. The Bertz CT molecular complexity index is 897. The van der Waals surface area contributed by atoms with Gasteiger partial charge in [-0.05, 0) is 32.0 Å². The first kappa shape index (κ1) is 15.9. The Kier molecular flexibility index (Phi) is 4.43. The van der Waals surface area contributed by atoms with Crippen LogP contribution in [0.1, 0.15) is 27.4 Å². The summed E-state index contributed by atoms with van der Waals surface area (Å²) in [6.45, 7) is 3.64. The molecule has 0 spiro atoms. The van der Waals surface area contributed by atoms with Gasteiger partial charge in [0.05, 0.1) is 23.2 Å². The van der Waals surface area contributed by atoms with E-state index in [0.29, 0.717) is 16.4 Å². The number of benzene rings is 1. The van der Waals surface area contributed by atoms with Gasteiger partial charge in [-0.3, -0.25) is 9.89 Å². The van der Waals surface area contributed by atoms with Crippen LogP contribution >= 0.6 is 11.6 Å². The molecule has 0 unspecified atom stereocenters. The number of halogens is 1. The number of aryl methyl sites for hydroxylation is 2. The van der Waals surface area contributed by atoms with E-state index in [2.05, 4.69) is 25.8 Å². The predicted octanol–water partition coefficient (Wildman–Crippen LogP) is 2.63. The molecule has 0 radical (unpaired) electrons. The highest BCUT2D eigenvalue weighted by Gasteiger charge is 2.13. The molecule has 3 rings (SSSR count). The molecule has 2 aromatic heterocycles. The summed E-state index contributed by atoms with van der Waals surface area (Å²) in [7, 11) is 0. The van der Waals surface area contributed by atoms with E-state index in [1.165, 1.54) is 6.21 Å². The zero-order valence-corrected chi connectivity index (χ0v) is 13.9. The third kappa shape index (κ3) is 3.21. The summed E-state index contributed by atoms with van der Waals surface area (Å²) in [6, 6.07) is 11.2. The molecule has 1 aromatic carbocycles. The molecule has 2 heterocycles. The van der Waals surface area contributed by atoms with Crippen LogP contribution in [-0.4, -0.2) is 32.1 Å². The van der Waals surface area contributed by atoms with Crippen molar-refractivity contribution >= 4 is 23.7 Å². The highest BCUT2D eigenvalue weighted by Crippen LogP contribution is 2.21. The predicted molar refractivity (Wildman–Crippen MR) is 91.7 cm³/mol. The van der Waals surface area contributed by atoms with Gasteiger partial charge < -0.3 is 0 Å². The summed E-state index contributed by atoms with van der Waals surface area (Å²) in [5.74, 6) is -0.403. The van der Waals surface area contributed by atoms with Crippen molar-refractivity contribution in [3.63, 3.8) is 0 Å². The lowest BCUT2D eigenvalue weighted by Gasteiger charge is -2.01. The molecule has 0 saturated carbocycles. The van der Waals surface area contributed by atoms with Gasteiger partial charge in [-0.25, -0.2) is 10.1 Å². The van der Waals surface area contributed by atoms with Gasteiger partial charge in [0.15, 0.2) is 5.69 Å². The Morgan fingerprint density at radius 3 is 2.75 bits per heavy atom. The van der Waals surface area contributed by atoms with Gasteiger partial charge >= 0.3 is 0 Å². The van der Waals surface area contributed by atoms with Crippen LogP contribution in [0.3, 0.4) is 0 Å². The van der Waals surface area contributed by atoms with E-state index in [1.54, 1.807) is 10.7 Å². The lowest BCUT2D eigenvalue weighted by molar-refractivity contribution is 0.0950. The number of aromatic nitrogens is 4. The molecule has 1 amide bonds. The number of nitrogens with zero attached hydrogens (tertiary/aromatic N) is 4. The molecule has 3 aromatic rings. The quantitative estimate of drug-likeness (QED) is 0.564. The van der Waals surface area contributed by atoms with Gasteiger partial charge in [0.25, 0.3) is 5.91 Å². The third-order valence-electron chi connectivity index (χ3n) is 3.35. The van der Waals surface area contributed by atoms with Crippen molar-refractivity contribution in [3.05, 3.63) is 64.2 Å². The van der Waals surface area contributed by atoms with Crippen LogP contribution in [0.15, 0.2) is 41.5 Å². The van der Waals surface area contributed by atoms with Crippen LogP contribution in [0, 0.1) is 13.8 Å². The minimum atomic E-state index is -0.403.